The van der Waals surface area contributed by atoms with E-state index in [0.717, 1.165) is 31.2 Å². The minimum Gasteiger partial charge on any atom is -0.494 e. The van der Waals surface area contributed by atoms with Crippen molar-refractivity contribution in [3.05, 3.63) is 29.8 Å². The highest BCUT2D eigenvalue weighted by molar-refractivity contribution is 5.99. The van der Waals surface area contributed by atoms with Crippen molar-refractivity contribution in [2.24, 2.45) is 5.10 Å². The molecular formula is C26H40N4O5. The molecule has 9 nitrogen and oxygen atoms in total. The van der Waals surface area contributed by atoms with E-state index < -0.39 is 0 Å². The number of amides is 3. The van der Waals surface area contributed by atoms with Gasteiger partial charge >= 0.3 is 0 Å². The van der Waals surface area contributed by atoms with Crippen LogP contribution < -0.4 is 20.8 Å². The molecule has 0 aliphatic heterocycles. The van der Waals surface area contributed by atoms with E-state index in [0.29, 0.717) is 63.3 Å². The van der Waals surface area contributed by atoms with Gasteiger partial charge in [-0.05, 0) is 75.8 Å². The first-order valence-electron chi connectivity index (χ1n) is 12.3. The molecule has 0 aromatic heterocycles. The lowest BCUT2D eigenvalue weighted by molar-refractivity contribution is -0.122. The maximum atomic E-state index is 11.9. The van der Waals surface area contributed by atoms with E-state index in [9.17, 15) is 19.2 Å². The summed E-state index contributed by atoms with van der Waals surface area (Å²) >= 11 is 0. The third kappa shape index (κ3) is 16.1. The third-order valence-electron chi connectivity index (χ3n) is 5.17. The fourth-order valence-corrected chi connectivity index (χ4v) is 3.15. The Bertz CT molecular complexity index is 837. The number of hydrazone groups is 1. The lowest BCUT2D eigenvalue weighted by atomic mass is 10.1. The molecule has 0 atom stereocenters. The molecular weight excluding hydrogens is 448 g/mol. The van der Waals surface area contributed by atoms with Gasteiger partial charge in [-0.15, -0.1) is 0 Å². The van der Waals surface area contributed by atoms with Crippen LogP contribution in [0.5, 0.6) is 5.75 Å². The molecule has 0 aliphatic rings. The van der Waals surface area contributed by atoms with Crippen molar-refractivity contribution in [1.82, 2.24) is 16.1 Å². The van der Waals surface area contributed by atoms with Gasteiger partial charge in [0.1, 0.15) is 11.5 Å². The summed E-state index contributed by atoms with van der Waals surface area (Å²) < 4.78 is 5.70. The Morgan fingerprint density at radius 1 is 0.743 bits per heavy atom. The zero-order chi connectivity index (χ0) is 25.9. The van der Waals surface area contributed by atoms with Crippen molar-refractivity contribution >= 4 is 29.2 Å². The summed E-state index contributed by atoms with van der Waals surface area (Å²) in [5, 5.41) is 9.73. The molecule has 0 spiro atoms. The highest BCUT2D eigenvalue weighted by Gasteiger charge is 2.04. The molecule has 0 unspecified atom stereocenters. The van der Waals surface area contributed by atoms with Crippen LogP contribution in [0.1, 0.15) is 84.1 Å². The summed E-state index contributed by atoms with van der Waals surface area (Å²) in [6, 6.07) is 7.40. The SMILES string of the molecule is CC(=O)CCCCCNC(=O)CCCOc1ccc(/C(C)=N/NC(=O)CCCCNC(C)=O)cc1. The van der Waals surface area contributed by atoms with Crippen molar-refractivity contribution in [3.8, 4) is 5.75 Å². The minimum atomic E-state index is -0.163. The molecule has 0 heterocycles. The first kappa shape index (κ1) is 29.8. The zero-order valence-electron chi connectivity index (χ0n) is 21.3. The summed E-state index contributed by atoms with van der Waals surface area (Å²) in [5.74, 6) is 0.690. The number of benzene rings is 1. The predicted octanol–water partition coefficient (Wildman–Crippen LogP) is 3.26. The summed E-state index contributed by atoms with van der Waals surface area (Å²) in [6.45, 7) is 6.52. The average molecular weight is 489 g/mol. The average Bonchev–Trinajstić information content (AvgIpc) is 2.82. The number of nitrogens with zero attached hydrogens (tertiary/aromatic N) is 1. The predicted molar refractivity (Wildman–Crippen MR) is 136 cm³/mol. The molecule has 0 aliphatic carbocycles. The lowest BCUT2D eigenvalue weighted by Gasteiger charge is -2.08. The van der Waals surface area contributed by atoms with E-state index >= 15 is 0 Å². The summed E-state index contributed by atoms with van der Waals surface area (Å²) in [4.78, 5) is 45.4. The molecule has 0 saturated carbocycles. The van der Waals surface area contributed by atoms with E-state index in [1.807, 2.05) is 31.2 Å². The second-order valence-electron chi connectivity index (χ2n) is 8.51. The number of hydrogen-bond donors (Lipinski definition) is 3. The van der Waals surface area contributed by atoms with Crippen molar-refractivity contribution < 1.29 is 23.9 Å². The van der Waals surface area contributed by atoms with E-state index in [4.69, 9.17) is 4.74 Å². The smallest absolute Gasteiger partial charge is 0.240 e. The van der Waals surface area contributed by atoms with Gasteiger partial charge in [-0.1, -0.05) is 6.42 Å². The van der Waals surface area contributed by atoms with Crippen molar-refractivity contribution in [1.29, 1.82) is 0 Å². The summed E-state index contributed by atoms with van der Waals surface area (Å²) in [7, 11) is 0. The van der Waals surface area contributed by atoms with Crippen LogP contribution in [0.3, 0.4) is 0 Å². The Kier molecular flexibility index (Phi) is 15.4. The van der Waals surface area contributed by atoms with Gasteiger partial charge in [0.15, 0.2) is 0 Å². The van der Waals surface area contributed by atoms with Crippen LogP contribution in [-0.2, 0) is 19.2 Å². The van der Waals surface area contributed by atoms with E-state index in [1.165, 1.54) is 6.92 Å². The van der Waals surface area contributed by atoms with Crippen LogP contribution in [0.4, 0.5) is 0 Å². The molecule has 0 saturated heterocycles. The standard InChI is InChI=1S/C26H40N4O5/c1-20(31)10-5-4-7-18-28-25(33)12-9-19-35-24-15-13-23(14-16-24)21(2)29-30-26(34)11-6-8-17-27-22(3)32/h13-16H,4-12,17-19H2,1-3H3,(H,27,32)(H,28,33)(H,30,34)/b29-21+. The minimum absolute atomic E-state index is 0.0112. The molecule has 1 aromatic rings. The maximum Gasteiger partial charge on any atom is 0.240 e. The molecule has 35 heavy (non-hydrogen) atoms. The van der Waals surface area contributed by atoms with Crippen LogP contribution in [-0.4, -0.2) is 48.9 Å². The second-order valence-corrected chi connectivity index (χ2v) is 8.51. The number of Topliss-reactive ketones (excluding diaryl/α,β-unsaturated/α-hetero) is 1. The van der Waals surface area contributed by atoms with E-state index in [1.54, 1.807) is 6.92 Å². The Hall–Kier alpha value is -3.23. The highest BCUT2D eigenvalue weighted by atomic mass is 16.5. The van der Waals surface area contributed by atoms with Crippen molar-refractivity contribution in [2.75, 3.05) is 19.7 Å². The Balaban J connectivity index is 2.20. The van der Waals surface area contributed by atoms with Crippen molar-refractivity contribution in [2.45, 2.75) is 78.6 Å². The van der Waals surface area contributed by atoms with E-state index in [-0.39, 0.29) is 23.5 Å². The van der Waals surface area contributed by atoms with E-state index in [2.05, 4.69) is 21.2 Å². The number of ketones is 1. The fraction of sp³-hybridized carbons (Fsp3) is 0.577. The van der Waals surface area contributed by atoms with Crippen LogP contribution in [0.15, 0.2) is 29.4 Å². The fourth-order valence-electron chi connectivity index (χ4n) is 3.15. The summed E-state index contributed by atoms with van der Waals surface area (Å²) in [6.07, 6.45) is 6.10. The van der Waals surface area contributed by atoms with Gasteiger partial charge in [-0.25, -0.2) is 5.43 Å². The Labute approximate surface area is 208 Å². The second kappa shape index (κ2) is 18.1. The topological polar surface area (TPSA) is 126 Å². The zero-order valence-corrected chi connectivity index (χ0v) is 21.3. The maximum absolute atomic E-state index is 11.9. The van der Waals surface area contributed by atoms with Gasteiger partial charge in [0.05, 0.1) is 12.3 Å². The Morgan fingerprint density at radius 2 is 1.37 bits per heavy atom. The molecule has 194 valence electrons. The van der Waals surface area contributed by atoms with Gasteiger partial charge in [-0.3, -0.25) is 14.4 Å². The molecule has 9 heteroatoms. The monoisotopic (exact) mass is 488 g/mol. The summed E-state index contributed by atoms with van der Waals surface area (Å²) in [5.41, 5.74) is 4.10. The highest BCUT2D eigenvalue weighted by Crippen LogP contribution is 2.13. The lowest BCUT2D eigenvalue weighted by Crippen LogP contribution is -2.24. The normalized spacial score (nSPS) is 11.0. The third-order valence-corrected chi connectivity index (χ3v) is 5.17. The number of nitrogens with one attached hydrogen (secondary N) is 3. The largest absolute Gasteiger partial charge is 0.494 e. The first-order valence-corrected chi connectivity index (χ1v) is 12.3. The first-order chi connectivity index (χ1) is 16.8. The molecule has 0 fully saturated rings. The molecule has 3 amide bonds. The number of ether oxygens (including phenoxy) is 1. The number of unbranched alkanes of at least 4 members (excludes halogenated alkanes) is 3. The van der Waals surface area contributed by atoms with Gasteiger partial charge in [0, 0.05) is 39.3 Å². The van der Waals surface area contributed by atoms with Crippen LogP contribution in [0.2, 0.25) is 0 Å². The van der Waals surface area contributed by atoms with Gasteiger partial charge in [0.2, 0.25) is 17.7 Å². The van der Waals surface area contributed by atoms with Gasteiger partial charge < -0.3 is 20.2 Å². The molecule has 0 radical (unpaired) electrons. The van der Waals surface area contributed by atoms with Gasteiger partial charge in [0.25, 0.3) is 0 Å². The van der Waals surface area contributed by atoms with Crippen LogP contribution in [0.25, 0.3) is 0 Å². The molecule has 1 aromatic carbocycles. The Morgan fingerprint density at radius 3 is 2.06 bits per heavy atom. The number of carbonyl (C=O) groups is 4. The number of hydrogen-bond acceptors (Lipinski definition) is 6. The molecule has 3 N–H and O–H groups in total. The molecule has 1 rings (SSSR count). The van der Waals surface area contributed by atoms with Crippen molar-refractivity contribution in [3.63, 3.8) is 0 Å². The number of rotatable bonds is 18. The van der Waals surface area contributed by atoms with Crippen LogP contribution in [0, 0.1) is 0 Å². The number of carbonyl (C=O) groups excluding carboxylic acids is 4. The molecule has 0 bridgehead atoms. The van der Waals surface area contributed by atoms with Gasteiger partial charge in [-0.2, -0.15) is 5.10 Å². The quantitative estimate of drug-likeness (QED) is 0.166. The van der Waals surface area contributed by atoms with Crippen LogP contribution >= 0.6 is 0 Å².